The van der Waals surface area contributed by atoms with Gasteiger partial charge in [0.2, 0.25) is 12.2 Å². The van der Waals surface area contributed by atoms with E-state index in [9.17, 15) is 0 Å². The van der Waals surface area contributed by atoms with Crippen LogP contribution in [0.1, 0.15) is 12.0 Å². The van der Waals surface area contributed by atoms with Crippen LogP contribution < -0.4 is 10.1 Å². The average molecular weight is 341 g/mol. The molecule has 0 saturated carbocycles. The molecule has 1 aliphatic rings. The quantitative estimate of drug-likeness (QED) is 0.750. The largest absolute Gasteiger partial charge is 0.448 e. The number of rotatable bonds is 3. The van der Waals surface area contributed by atoms with Crippen molar-refractivity contribution in [3.63, 3.8) is 0 Å². The van der Waals surface area contributed by atoms with Gasteiger partial charge in [-0.05, 0) is 24.7 Å². The third kappa shape index (κ3) is 3.46. The van der Waals surface area contributed by atoms with Crippen molar-refractivity contribution in [2.75, 3.05) is 20.4 Å². The van der Waals surface area contributed by atoms with Crippen LogP contribution in [0.5, 0.6) is 5.88 Å². The van der Waals surface area contributed by atoms with Crippen molar-refractivity contribution >= 4 is 11.0 Å². The third-order valence-electron chi connectivity index (χ3n) is 3.94. The lowest BCUT2D eigenvalue weighted by atomic mass is 10.1. The fourth-order valence-electron chi connectivity index (χ4n) is 2.70. The van der Waals surface area contributed by atoms with E-state index in [-0.39, 0.29) is 6.79 Å². The molecule has 4 bridgehead atoms. The monoisotopic (exact) mass is 341 g/mol. The fourth-order valence-corrected chi connectivity index (χ4v) is 2.70. The topological polar surface area (TPSA) is 94.2 Å². The average Bonchev–Trinajstić information content (AvgIpc) is 3.06. The van der Waals surface area contributed by atoms with Crippen LogP contribution in [0.3, 0.4) is 0 Å². The van der Waals surface area contributed by atoms with Crippen molar-refractivity contribution in [2.45, 2.75) is 19.3 Å². The van der Waals surface area contributed by atoms with Gasteiger partial charge in [-0.25, -0.2) is 4.98 Å². The Bertz CT molecular complexity index is 866. The highest BCUT2D eigenvalue weighted by Gasteiger charge is 2.16. The summed E-state index contributed by atoms with van der Waals surface area (Å²) in [5.41, 5.74) is 4.14. The molecule has 3 aromatic heterocycles. The minimum absolute atomic E-state index is 0.131. The van der Waals surface area contributed by atoms with Crippen molar-refractivity contribution in [3.8, 4) is 17.1 Å². The van der Waals surface area contributed by atoms with Gasteiger partial charge in [-0.15, -0.1) is 0 Å². The lowest BCUT2D eigenvalue weighted by molar-refractivity contribution is -0.163. The summed E-state index contributed by atoms with van der Waals surface area (Å²) in [6.07, 6.45) is 3.76. The van der Waals surface area contributed by atoms with Gasteiger partial charge in [-0.1, -0.05) is 0 Å². The molecule has 4 heterocycles. The van der Waals surface area contributed by atoms with Gasteiger partial charge >= 0.3 is 0 Å². The van der Waals surface area contributed by atoms with Crippen molar-refractivity contribution in [2.24, 2.45) is 0 Å². The zero-order chi connectivity index (χ0) is 17.1. The highest BCUT2D eigenvalue weighted by molar-refractivity contribution is 5.89. The highest BCUT2D eigenvalue weighted by Crippen LogP contribution is 2.27. The Labute approximate surface area is 144 Å². The van der Waals surface area contributed by atoms with Gasteiger partial charge in [0.15, 0.2) is 6.79 Å². The minimum Gasteiger partial charge on any atom is -0.448 e. The van der Waals surface area contributed by atoms with E-state index in [1.165, 1.54) is 0 Å². The molecule has 0 aromatic carbocycles. The maximum atomic E-state index is 5.91. The predicted octanol–water partition coefficient (Wildman–Crippen LogP) is 1.84. The maximum Gasteiger partial charge on any atom is 0.216 e. The summed E-state index contributed by atoms with van der Waals surface area (Å²) in [7, 11) is 1.89. The van der Waals surface area contributed by atoms with Crippen molar-refractivity contribution in [1.29, 1.82) is 0 Å². The molecule has 0 amide bonds. The molecule has 0 fully saturated rings. The number of aromatic amines is 1. The smallest absolute Gasteiger partial charge is 0.216 e. The second-order valence-corrected chi connectivity index (χ2v) is 5.77. The van der Waals surface area contributed by atoms with Crippen LogP contribution in [0, 0.1) is 0 Å². The van der Waals surface area contributed by atoms with Crippen LogP contribution >= 0.6 is 0 Å². The molecule has 0 radical (unpaired) electrons. The molecule has 0 spiro atoms. The zero-order valence-electron chi connectivity index (χ0n) is 13.9. The zero-order valence-corrected chi connectivity index (χ0v) is 13.9. The number of hydrogen-bond acceptors (Lipinski definition) is 7. The Kier molecular flexibility index (Phi) is 4.55. The molecule has 1 atom stereocenters. The number of aromatic nitrogens is 4. The fraction of sp³-hybridized carbons (Fsp3) is 0.353. The van der Waals surface area contributed by atoms with E-state index >= 15 is 0 Å². The van der Waals surface area contributed by atoms with Gasteiger partial charge in [0.05, 0.1) is 12.1 Å². The lowest BCUT2D eigenvalue weighted by Gasteiger charge is -2.18. The van der Waals surface area contributed by atoms with E-state index in [0.717, 1.165) is 34.4 Å². The Morgan fingerprint density at radius 3 is 3.20 bits per heavy atom. The molecular formula is C17H19N5O3. The van der Waals surface area contributed by atoms with E-state index in [4.69, 9.17) is 14.2 Å². The summed E-state index contributed by atoms with van der Waals surface area (Å²) in [4.78, 5) is 8.88. The Balaban J connectivity index is 1.75. The standard InChI is InChI=1S/C17H19N5O3/c1-18-5-4-15-24-10-23-9-11-6-12(8-19-7-11)16-17-13(21-22-16)2-3-14(20-17)25-15/h2-3,6-8,15,18H,4-5,9-10H2,1H3,(H,21,22). The first-order valence-electron chi connectivity index (χ1n) is 8.13. The second-order valence-electron chi connectivity index (χ2n) is 5.77. The Morgan fingerprint density at radius 1 is 1.32 bits per heavy atom. The van der Waals surface area contributed by atoms with Crippen LogP contribution in [0.15, 0.2) is 30.6 Å². The number of nitrogens with one attached hydrogen (secondary N) is 2. The van der Waals surface area contributed by atoms with Gasteiger partial charge in [-0.2, -0.15) is 5.10 Å². The van der Waals surface area contributed by atoms with Crippen LogP contribution in [0.4, 0.5) is 0 Å². The van der Waals surface area contributed by atoms with E-state index in [2.05, 4.69) is 25.5 Å². The molecule has 3 aromatic rings. The van der Waals surface area contributed by atoms with Crippen LogP contribution in [0.2, 0.25) is 0 Å². The number of fused-ring (bicyclic) bond motifs is 4. The van der Waals surface area contributed by atoms with Gasteiger partial charge in [-0.3, -0.25) is 10.1 Å². The van der Waals surface area contributed by atoms with Crippen LogP contribution in [0.25, 0.3) is 22.3 Å². The molecule has 0 aliphatic carbocycles. The third-order valence-corrected chi connectivity index (χ3v) is 3.94. The number of hydrogen-bond donors (Lipinski definition) is 2. The summed E-state index contributed by atoms with van der Waals surface area (Å²) in [5, 5.41) is 10.5. The number of H-pyrrole nitrogens is 1. The van der Waals surface area contributed by atoms with Gasteiger partial charge < -0.3 is 19.5 Å². The van der Waals surface area contributed by atoms with Crippen LogP contribution in [-0.2, 0) is 16.1 Å². The van der Waals surface area contributed by atoms with E-state index in [1.54, 1.807) is 18.5 Å². The molecule has 2 N–H and O–H groups in total. The maximum absolute atomic E-state index is 5.91. The highest BCUT2D eigenvalue weighted by atomic mass is 16.7. The first-order chi connectivity index (χ1) is 12.3. The molecular weight excluding hydrogens is 322 g/mol. The molecule has 1 unspecified atom stereocenters. The summed E-state index contributed by atoms with van der Waals surface area (Å²) in [6, 6.07) is 5.69. The van der Waals surface area contributed by atoms with Crippen molar-refractivity contribution in [1.82, 2.24) is 25.5 Å². The Morgan fingerprint density at radius 2 is 2.28 bits per heavy atom. The summed E-state index contributed by atoms with van der Waals surface area (Å²) < 4.78 is 17.2. The molecule has 4 rings (SSSR count). The van der Waals surface area contributed by atoms with Gasteiger partial charge in [0.1, 0.15) is 11.2 Å². The molecule has 130 valence electrons. The second kappa shape index (κ2) is 7.14. The summed E-state index contributed by atoms with van der Waals surface area (Å²) >= 11 is 0. The van der Waals surface area contributed by atoms with E-state index in [1.807, 2.05) is 19.2 Å². The molecule has 8 nitrogen and oxygen atoms in total. The summed E-state index contributed by atoms with van der Waals surface area (Å²) in [6.45, 7) is 1.29. The summed E-state index contributed by atoms with van der Waals surface area (Å²) in [5.74, 6) is 0.486. The van der Waals surface area contributed by atoms with Gasteiger partial charge in [0.25, 0.3) is 0 Å². The SMILES string of the molecule is CNCCC1OCOCc2cncc(c2)-c2n[nH]c3ccc(nc23)O1. The van der Waals surface area contributed by atoms with E-state index in [0.29, 0.717) is 18.9 Å². The number of ether oxygens (including phenoxy) is 3. The van der Waals surface area contributed by atoms with Crippen molar-refractivity contribution in [3.05, 3.63) is 36.2 Å². The van der Waals surface area contributed by atoms with E-state index < -0.39 is 6.29 Å². The molecule has 25 heavy (non-hydrogen) atoms. The predicted molar refractivity (Wildman–Crippen MR) is 90.8 cm³/mol. The van der Waals surface area contributed by atoms with Crippen molar-refractivity contribution < 1.29 is 14.2 Å². The molecule has 8 heteroatoms. The van der Waals surface area contributed by atoms with Crippen LogP contribution in [-0.4, -0.2) is 46.8 Å². The first-order valence-corrected chi connectivity index (χ1v) is 8.13. The number of pyridine rings is 2. The number of nitrogens with zero attached hydrogens (tertiary/aromatic N) is 3. The first kappa shape index (κ1) is 15.9. The lowest BCUT2D eigenvalue weighted by Crippen LogP contribution is -2.26. The molecule has 1 aliphatic heterocycles. The molecule has 0 saturated heterocycles. The van der Waals surface area contributed by atoms with Gasteiger partial charge in [0, 0.05) is 37.0 Å². The minimum atomic E-state index is -0.449. The Hall–Kier alpha value is -2.55. The normalized spacial score (nSPS) is 17.6.